The van der Waals surface area contributed by atoms with Crippen molar-refractivity contribution in [2.75, 3.05) is 19.0 Å². The van der Waals surface area contributed by atoms with Gasteiger partial charge in [-0.15, -0.1) is 0 Å². The molecule has 5 rings (SSSR count). The summed E-state index contributed by atoms with van der Waals surface area (Å²) in [5.41, 5.74) is 3.97. The molecule has 4 atom stereocenters. The van der Waals surface area contributed by atoms with Crippen molar-refractivity contribution in [1.82, 2.24) is 5.01 Å². The molecule has 1 heterocycles. The van der Waals surface area contributed by atoms with E-state index in [1.165, 1.54) is 5.56 Å². The molecule has 2 fully saturated rings. The van der Waals surface area contributed by atoms with Gasteiger partial charge in [-0.3, -0.25) is 9.59 Å². The van der Waals surface area contributed by atoms with E-state index in [0.29, 0.717) is 12.4 Å². The number of rotatable bonds is 6. The first-order valence-electron chi connectivity index (χ1n) is 11.0. The summed E-state index contributed by atoms with van der Waals surface area (Å²) in [5.74, 6) is 0.150. The quantitative estimate of drug-likeness (QED) is 0.398. The number of anilines is 1. The van der Waals surface area contributed by atoms with Crippen LogP contribution in [-0.2, 0) is 16.2 Å². The van der Waals surface area contributed by atoms with E-state index in [4.69, 9.17) is 4.74 Å². The van der Waals surface area contributed by atoms with Crippen LogP contribution in [-0.4, -0.2) is 37.1 Å². The van der Waals surface area contributed by atoms with Gasteiger partial charge in [0.1, 0.15) is 12.4 Å². The zero-order valence-corrected chi connectivity index (χ0v) is 18.6. The molecule has 1 saturated carbocycles. The number of hydrogen-bond donors (Lipinski definition) is 0. The lowest BCUT2D eigenvalue weighted by molar-refractivity contribution is -0.140. The minimum absolute atomic E-state index is 0.175. The fourth-order valence-corrected chi connectivity index (χ4v) is 5.12. The molecule has 2 aromatic rings. The molecule has 2 aliphatic carbocycles. The first kappa shape index (κ1) is 20.5. The number of hydrogen-bond acceptors (Lipinski definition) is 5. The first-order valence-corrected chi connectivity index (χ1v) is 11.0. The zero-order chi connectivity index (χ0) is 22.4. The SMILES string of the molecule is Cc1cccc(COc2cc(N(C)C)ccc2C=NN2C(=O)C3C4C=CC(C4)C3C2=O)c1. The second-order valence-corrected chi connectivity index (χ2v) is 9.13. The van der Waals surface area contributed by atoms with E-state index in [-0.39, 0.29) is 35.5 Å². The Balaban J connectivity index is 1.38. The number of carbonyl (C=O) groups excluding carboxylic acids is 2. The standard InChI is InChI=1S/C26H27N3O3/c1-16-5-4-6-17(11-16)15-32-22-13-21(28(2)3)10-9-20(22)14-27-29-25(30)23-18-7-8-19(12-18)24(23)26(29)31/h4-11,13-14,18-19,23-24H,12,15H2,1-3H3. The number of benzene rings is 2. The lowest BCUT2D eigenvalue weighted by atomic mass is 9.85. The molecule has 2 amide bonds. The highest BCUT2D eigenvalue weighted by Gasteiger charge is 2.59. The second-order valence-electron chi connectivity index (χ2n) is 9.13. The van der Waals surface area contributed by atoms with Gasteiger partial charge in [0.15, 0.2) is 0 Å². The van der Waals surface area contributed by atoms with Crippen molar-refractivity contribution in [3.8, 4) is 5.75 Å². The highest BCUT2D eigenvalue weighted by Crippen LogP contribution is 2.52. The fourth-order valence-electron chi connectivity index (χ4n) is 5.12. The Bertz CT molecular complexity index is 1110. The lowest BCUT2D eigenvalue weighted by Crippen LogP contribution is -2.28. The smallest absolute Gasteiger partial charge is 0.254 e. The molecule has 0 N–H and O–H groups in total. The van der Waals surface area contributed by atoms with Crippen LogP contribution in [0.2, 0.25) is 0 Å². The van der Waals surface area contributed by atoms with Crippen molar-refractivity contribution in [1.29, 1.82) is 0 Å². The molecule has 32 heavy (non-hydrogen) atoms. The number of amides is 2. The van der Waals surface area contributed by atoms with Crippen molar-refractivity contribution in [3.63, 3.8) is 0 Å². The van der Waals surface area contributed by atoms with Gasteiger partial charge < -0.3 is 9.64 Å². The number of imide groups is 1. The predicted molar refractivity (Wildman–Crippen MR) is 123 cm³/mol. The summed E-state index contributed by atoms with van der Waals surface area (Å²) in [6.45, 7) is 2.47. The summed E-state index contributed by atoms with van der Waals surface area (Å²) in [6, 6.07) is 14.0. The number of carbonyl (C=O) groups is 2. The van der Waals surface area contributed by atoms with Gasteiger partial charge in [0.25, 0.3) is 11.8 Å². The molecule has 4 unspecified atom stereocenters. The van der Waals surface area contributed by atoms with Crippen LogP contribution >= 0.6 is 0 Å². The molecular weight excluding hydrogens is 402 g/mol. The Hall–Kier alpha value is -3.41. The van der Waals surface area contributed by atoms with E-state index in [1.54, 1.807) is 6.21 Å². The molecule has 2 bridgehead atoms. The normalized spacial score (nSPS) is 25.8. The third kappa shape index (κ3) is 3.49. The topological polar surface area (TPSA) is 62.2 Å². The van der Waals surface area contributed by atoms with E-state index in [9.17, 15) is 9.59 Å². The predicted octanol–water partition coefficient (Wildman–Crippen LogP) is 3.78. The average Bonchev–Trinajstić information content (AvgIpc) is 3.45. The summed E-state index contributed by atoms with van der Waals surface area (Å²) in [7, 11) is 3.94. The third-order valence-corrected chi connectivity index (χ3v) is 6.75. The number of hydrazone groups is 1. The van der Waals surface area contributed by atoms with Crippen molar-refractivity contribution in [2.24, 2.45) is 28.8 Å². The third-order valence-electron chi connectivity index (χ3n) is 6.75. The van der Waals surface area contributed by atoms with Crippen LogP contribution in [0, 0.1) is 30.6 Å². The molecule has 0 aromatic heterocycles. The van der Waals surface area contributed by atoms with Gasteiger partial charge in [0, 0.05) is 31.4 Å². The maximum absolute atomic E-state index is 12.9. The average molecular weight is 430 g/mol. The van der Waals surface area contributed by atoms with Crippen LogP contribution in [0.15, 0.2) is 59.7 Å². The largest absolute Gasteiger partial charge is 0.488 e. The van der Waals surface area contributed by atoms with Gasteiger partial charge in [-0.25, -0.2) is 0 Å². The Morgan fingerprint density at radius 1 is 1.06 bits per heavy atom. The number of nitrogens with zero attached hydrogens (tertiary/aromatic N) is 3. The Morgan fingerprint density at radius 2 is 1.78 bits per heavy atom. The Kier molecular flexibility index (Phi) is 5.08. The van der Waals surface area contributed by atoms with E-state index < -0.39 is 0 Å². The summed E-state index contributed by atoms with van der Waals surface area (Å²) >= 11 is 0. The zero-order valence-electron chi connectivity index (χ0n) is 18.6. The molecule has 6 nitrogen and oxygen atoms in total. The maximum atomic E-state index is 12.9. The van der Waals surface area contributed by atoms with Gasteiger partial charge in [-0.2, -0.15) is 10.1 Å². The van der Waals surface area contributed by atoms with Crippen molar-refractivity contribution >= 4 is 23.7 Å². The van der Waals surface area contributed by atoms with E-state index in [1.807, 2.05) is 49.3 Å². The fraction of sp³-hybridized carbons (Fsp3) is 0.346. The van der Waals surface area contributed by atoms with Crippen molar-refractivity contribution in [2.45, 2.75) is 20.0 Å². The maximum Gasteiger partial charge on any atom is 0.254 e. The minimum Gasteiger partial charge on any atom is -0.488 e. The Labute approximate surface area is 188 Å². The number of allylic oxidation sites excluding steroid dienone is 2. The molecule has 2 aromatic carbocycles. The minimum atomic E-state index is -0.247. The number of aryl methyl sites for hydroxylation is 1. The summed E-state index contributed by atoms with van der Waals surface area (Å²) in [5, 5.41) is 5.40. The van der Waals surface area contributed by atoms with Crippen molar-refractivity contribution in [3.05, 3.63) is 71.3 Å². The monoisotopic (exact) mass is 429 g/mol. The summed E-state index contributed by atoms with van der Waals surface area (Å²) < 4.78 is 6.14. The van der Waals surface area contributed by atoms with Crippen LogP contribution in [0.25, 0.3) is 0 Å². The number of ether oxygens (including phenoxy) is 1. The van der Waals surface area contributed by atoms with Gasteiger partial charge in [-0.1, -0.05) is 42.0 Å². The highest BCUT2D eigenvalue weighted by atomic mass is 16.5. The summed E-state index contributed by atoms with van der Waals surface area (Å²) in [6.07, 6.45) is 6.65. The first-order chi connectivity index (χ1) is 15.4. The molecule has 3 aliphatic rings. The van der Waals surface area contributed by atoms with E-state index in [0.717, 1.165) is 28.2 Å². The van der Waals surface area contributed by atoms with E-state index in [2.05, 4.69) is 36.3 Å². The van der Waals surface area contributed by atoms with Crippen LogP contribution < -0.4 is 9.64 Å². The summed E-state index contributed by atoms with van der Waals surface area (Å²) in [4.78, 5) is 27.8. The second kappa shape index (κ2) is 7.93. The van der Waals surface area contributed by atoms with Gasteiger partial charge >= 0.3 is 0 Å². The molecule has 1 saturated heterocycles. The molecule has 6 heteroatoms. The van der Waals surface area contributed by atoms with Crippen LogP contribution in [0.4, 0.5) is 5.69 Å². The Morgan fingerprint density at radius 3 is 2.44 bits per heavy atom. The molecule has 0 radical (unpaired) electrons. The van der Waals surface area contributed by atoms with Gasteiger partial charge in [0.2, 0.25) is 0 Å². The molecular formula is C26H27N3O3. The van der Waals surface area contributed by atoms with Crippen LogP contribution in [0.5, 0.6) is 5.75 Å². The molecule has 0 spiro atoms. The van der Waals surface area contributed by atoms with Crippen LogP contribution in [0.3, 0.4) is 0 Å². The highest BCUT2D eigenvalue weighted by molar-refractivity contribution is 6.07. The molecule has 1 aliphatic heterocycles. The van der Waals surface area contributed by atoms with Gasteiger partial charge in [0.05, 0.1) is 18.1 Å². The lowest BCUT2D eigenvalue weighted by Gasteiger charge is -2.17. The van der Waals surface area contributed by atoms with E-state index >= 15 is 0 Å². The van der Waals surface area contributed by atoms with Gasteiger partial charge in [-0.05, 0) is 42.9 Å². The molecule has 164 valence electrons. The van der Waals surface area contributed by atoms with Crippen LogP contribution in [0.1, 0.15) is 23.1 Å². The number of fused-ring (bicyclic) bond motifs is 5. The van der Waals surface area contributed by atoms with Crippen molar-refractivity contribution < 1.29 is 14.3 Å².